The molecule has 6 heterocycles. The Morgan fingerprint density at radius 1 is 0.893 bits per heavy atom. The second-order valence-electron chi connectivity index (χ2n) is 22.0. The van der Waals surface area contributed by atoms with Crippen LogP contribution in [0.25, 0.3) is 11.3 Å². The normalized spacial score (nSPS) is 38.1. The summed E-state index contributed by atoms with van der Waals surface area (Å²) >= 11 is 0. The van der Waals surface area contributed by atoms with E-state index in [1.54, 1.807) is 53.3 Å². The van der Waals surface area contributed by atoms with Crippen LogP contribution in [0.4, 0.5) is 4.79 Å². The van der Waals surface area contributed by atoms with Crippen LogP contribution in [0.3, 0.4) is 0 Å². The third-order valence-corrected chi connectivity index (χ3v) is 16.0. The van der Waals surface area contributed by atoms with Crippen LogP contribution in [0.1, 0.15) is 115 Å². The molecular weight excluding hydrogens is 973 g/mol. The van der Waals surface area contributed by atoms with Gasteiger partial charge in [0, 0.05) is 89.5 Å². The first-order valence-electron chi connectivity index (χ1n) is 26.5. The van der Waals surface area contributed by atoms with E-state index in [0.717, 1.165) is 11.3 Å². The number of hydrogen-bond donors (Lipinski definition) is 1. The summed E-state index contributed by atoms with van der Waals surface area (Å²) < 4.78 is 66.3. The molecule has 18 atom stereocenters. The lowest BCUT2D eigenvalue weighted by molar-refractivity contribution is -0.320. The maximum atomic E-state index is 15.2. The molecule has 6 rings (SSSR count). The summed E-state index contributed by atoms with van der Waals surface area (Å²) in [4.78, 5) is 80.4. The number of aryl methyl sites for hydroxylation is 1. The molecule has 21 nitrogen and oxygen atoms in total. The molecule has 0 spiro atoms. The molecule has 21 heteroatoms. The third kappa shape index (κ3) is 13.2. The Morgan fingerprint density at radius 3 is 2.19 bits per heavy atom. The lowest BCUT2D eigenvalue weighted by atomic mass is 9.73. The van der Waals surface area contributed by atoms with Crippen molar-refractivity contribution in [3.63, 3.8) is 0 Å². The van der Waals surface area contributed by atoms with E-state index in [9.17, 15) is 14.4 Å². The fourth-order valence-corrected chi connectivity index (χ4v) is 12.0. The quantitative estimate of drug-likeness (QED) is 0.117. The van der Waals surface area contributed by atoms with Gasteiger partial charge in [-0.25, -0.2) is 20.2 Å². The molecule has 0 aromatic carbocycles. The third-order valence-electron chi connectivity index (χ3n) is 16.0. The number of imidazole rings is 1. The van der Waals surface area contributed by atoms with Crippen molar-refractivity contribution in [2.24, 2.45) is 23.7 Å². The van der Waals surface area contributed by atoms with Gasteiger partial charge in [-0.05, 0) is 93.5 Å². The lowest BCUT2D eigenvalue weighted by Crippen LogP contribution is -2.62. The zero-order valence-corrected chi connectivity index (χ0v) is 46.9. The topological polar surface area (TPSA) is 227 Å². The Morgan fingerprint density at radius 2 is 1.57 bits per heavy atom. The van der Waals surface area contributed by atoms with Crippen molar-refractivity contribution in [3.8, 4) is 11.3 Å². The molecule has 4 fully saturated rings. The summed E-state index contributed by atoms with van der Waals surface area (Å²) in [6, 6.07) is 2.52. The molecule has 4 unspecified atom stereocenters. The van der Waals surface area contributed by atoms with Crippen molar-refractivity contribution >= 4 is 29.8 Å². The number of nitrogens with zero attached hydrogens (tertiary/aromatic N) is 5. The number of hydrazine groups is 1. The van der Waals surface area contributed by atoms with Gasteiger partial charge in [-0.1, -0.05) is 27.7 Å². The van der Waals surface area contributed by atoms with Gasteiger partial charge >= 0.3 is 24.0 Å². The highest BCUT2D eigenvalue weighted by Crippen LogP contribution is 2.45. The van der Waals surface area contributed by atoms with Crippen LogP contribution in [-0.4, -0.2) is 173 Å². The number of fused-ring (bicyclic) bond motifs is 1. The van der Waals surface area contributed by atoms with E-state index in [1.807, 2.05) is 76.5 Å². The molecule has 0 aliphatic carbocycles. The fourth-order valence-electron chi connectivity index (χ4n) is 12.0. The number of Topliss-reactive ketones (excluding diaryl/α,β-unsaturated/α-hetero) is 1. The number of cyclic esters (lactones) is 1. The highest BCUT2D eigenvalue weighted by atomic mass is 16.7. The van der Waals surface area contributed by atoms with Crippen LogP contribution < -0.4 is 5.43 Å². The average molecular weight is 1060 g/mol. The largest absolute Gasteiger partial charge is 0.458 e. The summed E-state index contributed by atoms with van der Waals surface area (Å²) in [5.41, 5.74) is 1.00. The summed E-state index contributed by atoms with van der Waals surface area (Å²) in [6.45, 7) is 21.5. The summed E-state index contributed by atoms with van der Waals surface area (Å²) in [5.74, 6) is -5.38. The zero-order chi connectivity index (χ0) is 55.3. The Hall–Kier alpha value is -4.61. The smallest absolute Gasteiger partial charge is 0.425 e. The first-order valence-corrected chi connectivity index (χ1v) is 26.5. The van der Waals surface area contributed by atoms with Gasteiger partial charge in [0.1, 0.15) is 23.5 Å². The second kappa shape index (κ2) is 24.8. The molecule has 0 bridgehead atoms. The summed E-state index contributed by atoms with van der Waals surface area (Å²) in [7, 11) is 6.84. The van der Waals surface area contributed by atoms with Gasteiger partial charge in [-0.15, -0.1) is 0 Å². The second-order valence-corrected chi connectivity index (χ2v) is 22.0. The molecule has 2 aromatic rings. The highest BCUT2D eigenvalue weighted by Gasteiger charge is 2.61. The van der Waals surface area contributed by atoms with Crippen molar-refractivity contribution in [2.45, 2.75) is 206 Å². The van der Waals surface area contributed by atoms with E-state index < -0.39 is 120 Å². The van der Waals surface area contributed by atoms with Gasteiger partial charge in [0.2, 0.25) is 0 Å². The van der Waals surface area contributed by atoms with Crippen molar-refractivity contribution in [1.29, 1.82) is 0 Å². The lowest BCUT2D eigenvalue weighted by Gasteiger charge is -2.50. The van der Waals surface area contributed by atoms with Gasteiger partial charge in [-0.2, -0.15) is 0 Å². The molecule has 4 aliphatic rings. The SMILES string of the molecule is CC[C@H]1OC(=O)[C@H](C)[C@@H](OC2CC(C)(OC)C(OC(C)=O)C(C)O2)[C@H](C)[C@@H](O[C@@H]2O[C@H](C)C[C@H](N(C)C)[C@H]2OC(C)=O)[C@](C)(OC)C[C@@H](C)C(=O)[C@H](C)[C@H]2N(NCCCn3cnc(-c4cccnc4)c3)C(=O)O[C@]12C. The van der Waals surface area contributed by atoms with E-state index in [-0.39, 0.29) is 37.2 Å². The van der Waals surface area contributed by atoms with E-state index in [2.05, 4.69) is 15.4 Å². The van der Waals surface area contributed by atoms with Gasteiger partial charge < -0.3 is 56.8 Å². The van der Waals surface area contributed by atoms with Gasteiger partial charge in [0.15, 0.2) is 30.4 Å². The number of nitrogens with one attached hydrogen (secondary N) is 1. The van der Waals surface area contributed by atoms with E-state index in [1.165, 1.54) is 33.1 Å². The Balaban J connectivity index is 1.40. The minimum absolute atomic E-state index is 0.0838. The van der Waals surface area contributed by atoms with Crippen molar-refractivity contribution in [3.05, 3.63) is 37.1 Å². The van der Waals surface area contributed by atoms with E-state index in [4.69, 9.17) is 47.4 Å². The summed E-state index contributed by atoms with van der Waals surface area (Å²) in [6.07, 6.45) is -0.193. The molecule has 75 heavy (non-hydrogen) atoms. The first kappa shape index (κ1) is 59.6. The van der Waals surface area contributed by atoms with Crippen molar-refractivity contribution in [1.82, 2.24) is 29.9 Å². The molecule has 2 aromatic heterocycles. The predicted molar refractivity (Wildman–Crippen MR) is 272 cm³/mol. The number of likely N-dealkylation sites (N-methyl/N-ethyl adjacent to an activating group) is 1. The van der Waals surface area contributed by atoms with Crippen LogP contribution in [-0.2, 0) is 73.1 Å². The number of hydrogen-bond acceptors (Lipinski definition) is 19. The monoisotopic (exact) mass is 1060 g/mol. The summed E-state index contributed by atoms with van der Waals surface area (Å²) in [5, 5.41) is 1.38. The minimum Gasteiger partial charge on any atom is -0.458 e. The molecule has 1 amide bonds. The molecular formula is C54H84N6O15. The van der Waals surface area contributed by atoms with Crippen LogP contribution in [0.5, 0.6) is 0 Å². The Kier molecular flexibility index (Phi) is 19.7. The molecule has 1 N–H and O–H groups in total. The number of ketones is 1. The van der Waals surface area contributed by atoms with Gasteiger partial charge in [0.25, 0.3) is 0 Å². The van der Waals surface area contributed by atoms with E-state index >= 15 is 9.59 Å². The number of ether oxygens (including phenoxy) is 10. The number of methoxy groups -OCH3 is 2. The van der Waals surface area contributed by atoms with Crippen molar-refractivity contribution < 1.29 is 71.3 Å². The van der Waals surface area contributed by atoms with Crippen LogP contribution >= 0.6 is 0 Å². The average Bonchev–Trinajstić information content (AvgIpc) is 3.94. The number of esters is 3. The fraction of sp³-hybridized carbons (Fsp3) is 0.759. The van der Waals surface area contributed by atoms with E-state index in [0.29, 0.717) is 25.9 Å². The molecule has 0 saturated carbocycles. The number of aromatic nitrogens is 3. The standard InChI is InChI=1S/C54H84N6O15/c1-17-41-54(12)46(60(51(65)75-54)57-22-19-23-59-28-39(56-29-59)38-20-18-21-55-27-38)32(4)43(63)30(2)25-52(10,66-15)47(74-50-45(70-36(8)61)40(58(13)14)24-31(3)68-50)33(5)44(34(6)49(64)72-41)73-42-26-53(11,67-16)48(35(7)69-42)71-37(9)62/h18,20-21,27-35,40-42,44-48,50,57H,17,19,22-26H2,1-16H3/t30-,31-,32+,33+,34-,35?,40+,41-,42?,44+,45-,46-,47-,48?,50+,52-,53?,54-/m1/s1. The maximum absolute atomic E-state index is 15.2. The van der Waals surface area contributed by atoms with Gasteiger partial charge in [0.05, 0.1) is 54.0 Å². The highest BCUT2D eigenvalue weighted by molar-refractivity contribution is 5.85. The Bertz CT molecular complexity index is 2270. The van der Waals surface area contributed by atoms with Gasteiger partial charge in [-0.3, -0.25) is 24.2 Å². The molecule has 4 saturated heterocycles. The molecule has 4 aliphatic heterocycles. The Labute approximate surface area is 442 Å². The number of carbonyl (C=O) groups excluding carboxylic acids is 5. The number of pyridine rings is 1. The van der Waals surface area contributed by atoms with Crippen LogP contribution in [0, 0.1) is 23.7 Å². The predicted octanol–water partition coefficient (Wildman–Crippen LogP) is 5.90. The van der Waals surface area contributed by atoms with Crippen LogP contribution in [0.2, 0.25) is 0 Å². The zero-order valence-electron chi connectivity index (χ0n) is 46.9. The van der Waals surface area contributed by atoms with Crippen molar-refractivity contribution in [2.75, 3.05) is 34.9 Å². The first-order chi connectivity index (χ1) is 35.3. The minimum atomic E-state index is -1.52. The number of amides is 1. The number of carbonyl (C=O) groups is 5. The molecule has 0 radical (unpaired) electrons. The molecule has 420 valence electrons. The number of rotatable bonds is 16. The van der Waals surface area contributed by atoms with Crippen LogP contribution in [0.15, 0.2) is 37.1 Å². The maximum Gasteiger partial charge on any atom is 0.425 e.